The van der Waals surface area contributed by atoms with Gasteiger partial charge in [0.1, 0.15) is 17.3 Å². The van der Waals surface area contributed by atoms with E-state index in [1.165, 1.54) is 24.3 Å². The quantitative estimate of drug-likeness (QED) is 0.549. The largest absolute Gasteiger partial charge is 0.494 e. The van der Waals surface area contributed by atoms with Gasteiger partial charge in [-0.15, -0.1) is 0 Å². The average molecular weight is 434 g/mol. The summed E-state index contributed by atoms with van der Waals surface area (Å²) in [6.07, 6.45) is 0.0115. The molecule has 0 saturated heterocycles. The van der Waals surface area contributed by atoms with Gasteiger partial charge in [-0.2, -0.15) is 0 Å². The topological polar surface area (TPSA) is 67.9 Å². The van der Waals surface area contributed by atoms with Gasteiger partial charge in [0, 0.05) is 17.8 Å². The van der Waals surface area contributed by atoms with Gasteiger partial charge in [-0.25, -0.2) is 4.39 Å². The van der Waals surface area contributed by atoms with Crippen LogP contribution in [0.4, 0.5) is 15.8 Å². The Morgan fingerprint density at radius 3 is 2.69 bits per heavy atom. The molecule has 7 heteroatoms. The highest BCUT2D eigenvalue weighted by atomic mass is 19.1. The molecule has 1 heterocycles. The molecule has 164 valence electrons. The zero-order valence-corrected chi connectivity index (χ0v) is 17.6. The number of halogens is 1. The molecule has 0 radical (unpaired) electrons. The van der Waals surface area contributed by atoms with Crippen LogP contribution in [-0.4, -0.2) is 31.1 Å². The van der Waals surface area contributed by atoms with Gasteiger partial charge in [0.15, 0.2) is 6.10 Å². The highest BCUT2D eigenvalue weighted by Gasteiger charge is 2.31. The molecule has 0 spiro atoms. The Kier molecular flexibility index (Phi) is 6.35. The van der Waals surface area contributed by atoms with Crippen molar-refractivity contribution in [2.24, 2.45) is 0 Å². The number of ether oxygens (including phenoxy) is 2. The maximum absolute atomic E-state index is 13.4. The van der Waals surface area contributed by atoms with Gasteiger partial charge in [0.05, 0.1) is 12.3 Å². The van der Waals surface area contributed by atoms with E-state index in [0.717, 1.165) is 5.75 Å². The van der Waals surface area contributed by atoms with Crippen LogP contribution >= 0.6 is 0 Å². The number of rotatable bonds is 7. The fraction of sp³-hybridized carbons (Fsp3) is 0.200. The number of para-hydroxylation sites is 1. The van der Waals surface area contributed by atoms with E-state index in [4.69, 9.17) is 9.47 Å². The smallest absolute Gasteiger partial charge is 0.267 e. The monoisotopic (exact) mass is 434 g/mol. The average Bonchev–Trinajstić information content (AvgIpc) is 2.80. The van der Waals surface area contributed by atoms with E-state index in [2.05, 4.69) is 5.32 Å². The minimum Gasteiger partial charge on any atom is -0.494 e. The molecule has 0 aliphatic carbocycles. The third-order valence-corrected chi connectivity index (χ3v) is 5.05. The SMILES string of the molecule is CC1Oc2ccc(NC(=O)c3cccc(F)c3)cc2N(CCCOc2ccccc2)C1=O. The van der Waals surface area contributed by atoms with E-state index >= 15 is 0 Å². The summed E-state index contributed by atoms with van der Waals surface area (Å²) in [4.78, 5) is 26.9. The lowest BCUT2D eigenvalue weighted by atomic mass is 10.1. The van der Waals surface area contributed by atoms with E-state index in [1.54, 1.807) is 30.0 Å². The van der Waals surface area contributed by atoms with E-state index in [0.29, 0.717) is 36.7 Å². The van der Waals surface area contributed by atoms with Crippen molar-refractivity contribution < 1.29 is 23.5 Å². The molecular weight excluding hydrogens is 411 g/mol. The number of fused-ring (bicyclic) bond motifs is 1. The minimum atomic E-state index is -0.606. The number of carbonyl (C=O) groups excluding carboxylic acids is 2. The van der Waals surface area contributed by atoms with Crippen LogP contribution in [-0.2, 0) is 4.79 Å². The molecule has 3 aromatic carbocycles. The summed E-state index contributed by atoms with van der Waals surface area (Å²) in [5.74, 6) is 0.247. The Bertz CT molecular complexity index is 1120. The lowest BCUT2D eigenvalue weighted by Crippen LogP contribution is -2.45. The molecule has 0 saturated carbocycles. The number of anilines is 2. The summed E-state index contributed by atoms with van der Waals surface area (Å²) in [5.41, 5.74) is 1.26. The fourth-order valence-electron chi connectivity index (χ4n) is 3.48. The summed E-state index contributed by atoms with van der Waals surface area (Å²) >= 11 is 0. The maximum atomic E-state index is 13.4. The first-order valence-corrected chi connectivity index (χ1v) is 10.4. The molecule has 6 nitrogen and oxygen atoms in total. The second kappa shape index (κ2) is 9.51. The predicted molar refractivity (Wildman–Crippen MR) is 120 cm³/mol. The van der Waals surface area contributed by atoms with E-state index in [1.807, 2.05) is 30.3 Å². The lowest BCUT2D eigenvalue weighted by Gasteiger charge is -2.33. The van der Waals surface area contributed by atoms with Crippen molar-refractivity contribution in [3.05, 3.63) is 84.2 Å². The Morgan fingerprint density at radius 2 is 1.91 bits per heavy atom. The van der Waals surface area contributed by atoms with Gasteiger partial charge < -0.3 is 19.7 Å². The van der Waals surface area contributed by atoms with Crippen molar-refractivity contribution >= 4 is 23.2 Å². The van der Waals surface area contributed by atoms with Crippen LogP contribution in [0, 0.1) is 5.82 Å². The number of nitrogens with zero attached hydrogens (tertiary/aromatic N) is 1. The Morgan fingerprint density at radius 1 is 1.09 bits per heavy atom. The molecule has 0 bridgehead atoms. The van der Waals surface area contributed by atoms with Crippen LogP contribution in [0.25, 0.3) is 0 Å². The van der Waals surface area contributed by atoms with E-state index in [-0.39, 0.29) is 11.5 Å². The molecule has 1 N–H and O–H groups in total. The second-order valence-electron chi connectivity index (χ2n) is 7.41. The summed E-state index contributed by atoms with van der Waals surface area (Å²) in [7, 11) is 0. The molecule has 3 aromatic rings. The van der Waals surface area contributed by atoms with Crippen molar-refractivity contribution in [2.45, 2.75) is 19.4 Å². The summed E-state index contributed by atoms with van der Waals surface area (Å²) in [5, 5.41) is 2.75. The number of hydrogen-bond donors (Lipinski definition) is 1. The predicted octanol–water partition coefficient (Wildman–Crippen LogP) is 4.66. The molecule has 4 rings (SSSR count). The van der Waals surface area contributed by atoms with Crippen molar-refractivity contribution in [1.29, 1.82) is 0 Å². The molecule has 1 unspecified atom stereocenters. The molecule has 0 fully saturated rings. The van der Waals surface area contributed by atoms with Gasteiger partial charge in [-0.3, -0.25) is 9.59 Å². The van der Waals surface area contributed by atoms with E-state index in [9.17, 15) is 14.0 Å². The van der Waals surface area contributed by atoms with Crippen LogP contribution in [0.3, 0.4) is 0 Å². The van der Waals surface area contributed by atoms with Gasteiger partial charge in [0.25, 0.3) is 11.8 Å². The Balaban J connectivity index is 1.47. The highest BCUT2D eigenvalue weighted by molar-refractivity contribution is 6.05. The number of carbonyl (C=O) groups is 2. The number of amides is 2. The standard InChI is InChI=1S/C25H23FN2O4/c1-17-25(30)28(13-6-14-31-21-9-3-2-4-10-21)22-16-20(11-12-23(22)32-17)27-24(29)18-7-5-8-19(26)15-18/h2-5,7-12,15-17H,6,13-14H2,1H3,(H,27,29). The van der Waals surface area contributed by atoms with Gasteiger partial charge >= 0.3 is 0 Å². The zero-order valence-electron chi connectivity index (χ0n) is 17.6. The van der Waals surface area contributed by atoms with Crippen LogP contribution in [0.15, 0.2) is 72.8 Å². The Labute approximate surface area is 185 Å². The van der Waals surface area contributed by atoms with Crippen LogP contribution < -0.4 is 19.7 Å². The molecule has 1 atom stereocenters. The fourth-order valence-corrected chi connectivity index (χ4v) is 3.48. The molecular formula is C25H23FN2O4. The van der Waals surface area contributed by atoms with Crippen LogP contribution in [0.1, 0.15) is 23.7 Å². The third kappa shape index (κ3) is 4.88. The normalized spacial score (nSPS) is 15.0. The molecule has 1 aliphatic rings. The molecule has 2 amide bonds. The number of nitrogens with one attached hydrogen (secondary N) is 1. The van der Waals surface area contributed by atoms with Gasteiger partial charge in [-0.1, -0.05) is 24.3 Å². The third-order valence-electron chi connectivity index (χ3n) is 5.05. The highest BCUT2D eigenvalue weighted by Crippen LogP contribution is 2.36. The molecule has 1 aliphatic heterocycles. The maximum Gasteiger partial charge on any atom is 0.267 e. The van der Waals surface area contributed by atoms with Crippen LogP contribution in [0.5, 0.6) is 11.5 Å². The Hall–Kier alpha value is -3.87. The van der Waals surface area contributed by atoms with Crippen molar-refractivity contribution in [3.8, 4) is 11.5 Å². The first kappa shape index (κ1) is 21.4. The summed E-state index contributed by atoms with van der Waals surface area (Å²) in [6.45, 7) is 2.60. The number of benzene rings is 3. The van der Waals surface area contributed by atoms with Gasteiger partial charge in [0.2, 0.25) is 0 Å². The lowest BCUT2D eigenvalue weighted by molar-refractivity contribution is -0.125. The van der Waals surface area contributed by atoms with Crippen LogP contribution in [0.2, 0.25) is 0 Å². The second-order valence-corrected chi connectivity index (χ2v) is 7.41. The van der Waals surface area contributed by atoms with E-state index < -0.39 is 17.8 Å². The van der Waals surface area contributed by atoms with Crippen molar-refractivity contribution in [2.75, 3.05) is 23.4 Å². The zero-order chi connectivity index (χ0) is 22.5. The minimum absolute atomic E-state index is 0.161. The first-order valence-electron chi connectivity index (χ1n) is 10.4. The molecule has 0 aromatic heterocycles. The van der Waals surface area contributed by atoms with Crippen molar-refractivity contribution in [3.63, 3.8) is 0 Å². The first-order chi connectivity index (χ1) is 15.5. The van der Waals surface area contributed by atoms with Gasteiger partial charge in [-0.05, 0) is 61.9 Å². The number of hydrogen-bond acceptors (Lipinski definition) is 4. The molecule has 32 heavy (non-hydrogen) atoms. The van der Waals surface area contributed by atoms with Crippen molar-refractivity contribution in [1.82, 2.24) is 0 Å². The summed E-state index contributed by atoms with van der Waals surface area (Å²) < 4.78 is 24.9. The summed E-state index contributed by atoms with van der Waals surface area (Å²) in [6, 6.07) is 20.0.